The van der Waals surface area contributed by atoms with E-state index >= 15 is 0 Å². The van der Waals surface area contributed by atoms with E-state index in [9.17, 15) is 4.79 Å². The van der Waals surface area contributed by atoms with Crippen LogP contribution in [0.3, 0.4) is 0 Å². The average Bonchev–Trinajstić information content (AvgIpc) is 2.92. The Morgan fingerprint density at radius 3 is 2.38 bits per heavy atom. The number of hydrogen-bond acceptors (Lipinski definition) is 2. The van der Waals surface area contributed by atoms with E-state index in [1.54, 1.807) is 0 Å². The van der Waals surface area contributed by atoms with E-state index in [4.69, 9.17) is 0 Å². The summed E-state index contributed by atoms with van der Waals surface area (Å²) in [5, 5.41) is 3.09. The minimum atomic E-state index is 0.143. The van der Waals surface area contributed by atoms with E-state index in [0.717, 1.165) is 18.6 Å². The fraction of sp³-hybridized carbons (Fsp3) is 0.900. The average molecular weight is 199 g/mol. The molecule has 2 aliphatic rings. The fourth-order valence-electron chi connectivity index (χ4n) is 1.60. The van der Waals surface area contributed by atoms with Crippen LogP contribution in [0.5, 0.6) is 0 Å². The highest BCUT2D eigenvalue weighted by atomic mass is 32.1. The molecule has 1 amide bonds. The second kappa shape index (κ2) is 2.91. The molecule has 2 nitrogen and oxygen atoms in total. The van der Waals surface area contributed by atoms with Crippen molar-refractivity contribution in [2.24, 2.45) is 5.41 Å². The van der Waals surface area contributed by atoms with Gasteiger partial charge in [0.25, 0.3) is 0 Å². The van der Waals surface area contributed by atoms with Crippen LogP contribution in [0.2, 0.25) is 0 Å². The summed E-state index contributed by atoms with van der Waals surface area (Å²) in [5.41, 5.74) is 0.405. The van der Waals surface area contributed by atoms with Gasteiger partial charge in [0.15, 0.2) is 0 Å². The van der Waals surface area contributed by atoms with Crippen LogP contribution in [-0.4, -0.2) is 17.2 Å². The van der Waals surface area contributed by atoms with Crippen molar-refractivity contribution >= 4 is 18.5 Å². The molecule has 0 saturated heterocycles. The second-order valence-electron chi connectivity index (χ2n) is 4.94. The third-order valence-corrected chi connectivity index (χ3v) is 3.94. The number of amides is 1. The molecule has 0 aromatic rings. The van der Waals surface area contributed by atoms with Crippen molar-refractivity contribution in [2.45, 2.75) is 44.6 Å². The normalized spacial score (nSPS) is 26.6. The molecule has 74 valence electrons. The van der Waals surface area contributed by atoms with Crippen molar-refractivity contribution in [1.82, 2.24) is 5.32 Å². The van der Waals surface area contributed by atoms with E-state index < -0.39 is 0 Å². The van der Waals surface area contributed by atoms with Gasteiger partial charge >= 0.3 is 0 Å². The van der Waals surface area contributed by atoms with Crippen LogP contribution in [0, 0.1) is 5.41 Å². The highest BCUT2D eigenvalue weighted by Crippen LogP contribution is 2.49. The zero-order valence-electron chi connectivity index (χ0n) is 8.10. The van der Waals surface area contributed by atoms with Crippen molar-refractivity contribution in [3.8, 4) is 0 Å². The first-order valence-electron chi connectivity index (χ1n) is 5.00. The van der Waals surface area contributed by atoms with Gasteiger partial charge in [-0.2, -0.15) is 12.6 Å². The summed E-state index contributed by atoms with van der Waals surface area (Å²) in [6.07, 6.45) is 5.34. The summed E-state index contributed by atoms with van der Waals surface area (Å²) in [7, 11) is 0. The predicted molar refractivity (Wildman–Crippen MR) is 55.9 cm³/mol. The van der Waals surface area contributed by atoms with E-state index in [1.165, 1.54) is 12.8 Å². The van der Waals surface area contributed by atoms with Gasteiger partial charge in [-0.1, -0.05) is 0 Å². The molecule has 2 rings (SSSR count). The fourth-order valence-corrected chi connectivity index (χ4v) is 2.03. The van der Waals surface area contributed by atoms with E-state index in [0.29, 0.717) is 6.42 Å². The SMILES string of the molecule is CC1(NC(=O)CC2(CS)CC2)CC1. The molecule has 0 aromatic carbocycles. The number of thiol groups is 1. The van der Waals surface area contributed by atoms with Crippen molar-refractivity contribution in [3.05, 3.63) is 0 Å². The van der Waals surface area contributed by atoms with Gasteiger partial charge < -0.3 is 5.32 Å². The maximum Gasteiger partial charge on any atom is 0.221 e. The van der Waals surface area contributed by atoms with Crippen LogP contribution >= 0.6 is 12.6 Å². The topological polar surface area (TPSA) is 29.1 Å². The molecule has 0 aliphatic heterocycles. The highest BCUT2D eigenvalue weighted by Gasteiger charge is 2.45. The minimum Gasteiger partial charge on any atom is -0.351 e. The lowest BCUT2D eigenvalue weighted by Crippen LogP contribution is -2.35. The Morgan fingerprint density at radius 1 is 1.38 bits per heavy atom. The molecule has 0 radical (unpaired) electrons. The summed E-state index contributed by atoms with van der Waals surface area (Å²) in [6.45, 7) is 2.12. The summed E-state index contributed by atoms with van der Waals surface area (Å²) in [4.78, 5) is 11.6. The lowest BCUT2D eigenvalue weighted by molar-refractivity contribution is -0.122. The molecule has 0 aromatic heterocycles. The van der Waals surface area contributed by atoms with E-state index in [2.05, 4.69) is 24.9 Å². The van der Waals surface area contributed by atoms with Gasteiger partial charge in [-0.15, -0.1) is 0 Å². The zero-order chi connectivity index (χ0) is 9.53. The number of carbonyl (C=O) groups is 1. The molecule has 0 spiro atoms. The van der Waals surface area contributed by atoms with Crippen LogP contribution in [0.15, 0.2) is 0 Å². The summed E-state index contributed by atoms with van der Waals surface area (Å²) >= 11 is 4.29. The molecular formula is C10H17NOS. The first kappa shape index (κ1) is 9.38. The van der Waals surface area contributed by atoms with Crippen LogP contribution in [-0.2, 0) is 4.79 Å². The molecule has 0 atom stereocenters. The van der Waals surface area contributed by atoms with Crippen molar-refractivity contribution in [2.75, 3.05) is 5.75 Å². The van der Waals surface area contributed by atoms with Gasteiger partial charge in [-0.05, 0) is 43.8 Å². The van der Waals surface area contributed by atoms with Gasteiger partial charge in [-0.3, -0.25) is 4.79 Å². The molecule has 2 aliphatic carbocycles. The van der Waals surface area contributed by atoms with Crippen LogP contribution in [0.25, 0.3) is 0 Å². The molecule has 13 heavy (non-hydrogen) atoms. The number of carbonyl (C=O) groups excluding carboxylic acids is 1. The smallest absolute Gasteiger partial charge is 0.221 e. The number of hydrogen-bond donors (Lipinski definition) is 2. The van der Waals surface area contributed by atoms with Gasteiger partial charge in [0.2, 0.25) is 5.91 Å². The van der Waals surface area contributed by atoms with Gasteiger partial charge in [0.05, 0.1) is 0 Å². The quantitative estimate of drug-likeness (QED) is 0.664. The third-order valence-electron chi connectivity index (χ3n) is 3.27. The Hall–Kier alpha value is -0.180. The Labute approximate surface area is 84.9 Å². The third kappa shape index (κ3) is 2.19. The standard InChI is InChI=1S/C10H17NOS/c1-9(2-3-9)11-8(12)6-10(7-13)4-5-10/h13H,2-7H2,1H3,(H,11,12). The first-order chi connectivity index (χ1) is 6.08. The molecule has 0 bridgehead atoms. The summed E-state index contributed by atoms with van der Waals surface area (Å²) < 4.78 is 0. The molecule has 1 N–H and O–H groups in total. The molecule has 0 heterocycles. The van der Waals surface area contributed by atoms with Crippen LogP contribution in [0.4, 0.5) is 0 Å². The van der Waals surface area contributed by atoms with Crippen LogP contribution in [0.1, 0.15) is 39.0 Å². The van der Waals surface area contributed by atoms with Crippen molar-refractivity contribution in [1.29, 1.82) is 0 Å². The maximum absolute atomic E-state index is 11.6. The Bertz CT molecular complexity index is 231. The summed E-state index contributed by atoms with van der Waals surface area (Å²) in [6, 6.07) is 0. The van der Waals surface area contributed by atoms with Crippen molar-refractivity contribution in [3.63, 3.8) is 0 Å². The van der Waals surface area contributed by atoms with Gasteiger partial charge in [-0.25, -0.2) is 0 Å². The van der Waals surface area contributed by atoms with Crippen molar-refractivity contribution < 1.29 is 4.79 Å². The molecule has 0 unspecified atom stereocenters. The van der Waals surface area contributed by atoms with Gasteiger partial charge in [0, 0.05) is 12.0 Å². The predicted octanol–water partition coefficient (Wildman–Crippen LogP) is 1.76. The number of rotatable bonds is 4. The monoisotopic (exact) mass is 199 g/mol. The molecular weight excluding hydrogens is 182 g/mol. The summed E-state index contributed by atoms with van der Waals surface area (Å²) in [5.74, 6) is 1.09. The lowest BCUT2D eigenvalue weighted by Gasteiger charge is -2.15. The Kier molecular flexibility index (Phi) is 2.10. The highest BCUT2D eigenvalue weighted by molar-refractivity contribution is 7.80. The Balaban J connectivity index is 1.78. The second-order valence-corrected chi connectivity index (χ2v) is 5.26. The largest absolute Gasteiger partial charge is 0.351 e. The molecule has 2 fully saturated rings. The lowest BCUT2D eigenvalue weighted by atomic mass is 10.0. The maximum atomic E-state index is 11.6. The molecule has 3 heteroatoms. The van der Waals surface area contributed by atoms with E-state index in [1.807, 2.05) is 0 Å². The van der Waals surface area contributed by atoms with Crippen LogP contribution < -0.4 is 5.32 Å². The zero-order valence-corrected chi connectivity index (χ0v) is 8.99. The minimum absolute atomic E-state index is 0.143. The molecule has 2 saturated carbocycles. The first-order valence-corrected chi connectivity index (χ1v) is 5.63. The Morgan fingerprint density at radius 2 is 2.00 bits per heavy atom. The number of nitrogens with one attached hydrogen (secondary N) is 1. The van der Waals surface area contributed by atoms with Gasteiger partial charge in [0.1, 0.15) is 0 Å². The van der Waals surface area contributed by atoms with E-state index in [-0.39, 0.29) is 16.9 Å².